The minimum absolute atomic E-state index is 0.00327. The molecular weight excluding hydrogens is 523 g/mol. The van der Waals surface area contributed by atoms with Gasteiger partial charge in [0.05, 0.1) is 22.5 Å². The lowest BCUT2D eigenvalue weighted by Gasteiger charge is -2.23. The highest BCUT2D eigenvalue weighted by Crippen LogP contribution is 2.36. The summed E-state index contributed by atoms with van der Waals surface area (Å²) < 4.78 is 39.1. The van der Waals surface area contributed by atoms with Crippen molar-refractivity contribution in [3.8, 4) is 11.3 Å². The van der Waals surface area contributed by atoms with Crippen molar-refractivity contribution >= 4 is 35.0 Å². The van der Waals surface area contributed by atoms with E-state index in [1.54, 1.807) is 24.3 Å². The van der Waals surface area contributed by atoms with Crippen LogP contribution in [0.25, 0.3) is 11.3 Å². The van der Waals surface area contributed by atoms with Crippen LogP contribution < -0.4 is 27.0 Å². The number of nitrogen functional groups attached to an aromatic ring is 1. The number of hydrogen-bond acceptors (Lipinski definition) is 6. The van der Waals surface area contributed by atoms with E-state index in [2.05, 4.69) is 31.2 Å². The number of nitrogens with two attached hydrogens (primary N) is 1. The maximum atomic E-state index is 13.0. The van der Waals surface area contributed by atoms with Crippen LogP contribution >= 0.6 is 11.6 Å². The van der Waals surface area contributed by atoms with E-state index in [1.165, 1.54) is 12.3 Å². The van der Waals surface area contributed by atoms with E-state index in [0.717, 1.165) is 37.1 Å². The zero-order valence-corrected chi connectivity index (χ0v) is 20.8. The first-order valence-corrected chi connectivity index (χ1v) is 12.1. The number of aromatic nitrogens is 2. The molecule has 3 aromatic rings. The molecule has 0 spiro atoms. The number of carbonyl (C=O) groups is 2. The van der Waals surface area contributed by atoms with Crippen molar-refractivity contribution in [1.29, 1.82) is 0 Å². The molecule has 1 aromatic heterocycles. The van der Waals surface area contributed by atoms with Gasteiger partial charge in [-0.3, -0.25) is 4.79 Å². The molecular formula is C25H25ClF3N7O2. The number of nitrogens with one attached hydrogen (secondary N) is 4. The molecule has 1 aliphatic rings. The zero-order chi connectivity index (χ0) is 27.3. The number of anilines is 2. The number of amides is 3. The number of nitrogens with zero attached hydrogens (tertiary/aromatic N) is 2. The Morgan fingerprint density at radius 1 is 1.16 bits per heavy atom. The van der Waals surface area contributed by atoms with E-state index in [1.807, 2.05) is 0 Å². The second-order valence-corrected chi connectivity index (χ2v) is 9.11. The zero-order valence-electron chi connectivity index (χ0n) is 20.0. The first-order chi connectivity index (χ1) is 18.1. The van der Waals surface area contributed by atoms with Crippen LogP contribution in [-0.2, 0) is 12.7 Å². The second kappa shape index (κ2) is 11.7. The average Bonchev–Trinajstić information content (AvgIpc) is 2.89. The van der Waals surface area contributed by atoms with E-state index in [9.17, 15) is 22.8 Å². The van der Waals surface area contributed by atoms with Crippen LogP contribution in [0.15, 0.2) is 48.7 Å². The van der Waals surface area contributed by atoms with Crippen molar-refractivity contribution in [1.82, 2.24) is 25.9 Å². The van der Waals surface area contributed by atoms with E-state index >= 15 is 0 Å². The lowest BCUT2D eigenvalue weighted by atomic mass is 10.1. The molecule has 6 N–H and O–H groups in total. The highest BCUT2D eigenvalue weighted by molar-refractivity contribution is 6.31. The Kier molecular flexibility index (Phi) is 8.32. The Morgan fingerprint density at radius 3 is 2.61 bits per heavy atom. The highest BCUT2D eigenvalue weighted by atomic mass is 35.5. The van der Waals surface area contributed by atoms with Gasteiger partial charge in [-0.15, -0.1) is 0 Å². The van der Waals surface area contributed by atoms with Gasteiger partial charge in [0.25, 0.3) is 5.91 Å². The van der Waals surface area contributed by atoms with Crippen molar-refractivity contribution < 1.29 is 22.8 Å². The molecule has 9 nitrogen and oxygen atoms in total. The number of benzene rings is 2. The minimum Gasteiger partial charge on any atom is -0.382 e. The van der Waals surface area contributed by atoms with Gasteiger partial charge in [0.15, 0.2) is 11.5 Å². The topological polar surface area (TPSA) is 134 Å². The molecule has 200 valence electrons. The summed E-state index contributed by atoms with van der Waals surface area (Å²) in [4.78, 5) is 33.4. The van der Waals surface area contributed by atoms with Gasteiger partial charge >= 0.3 is 12.2 Å². The van der Waals surface area contributed by atoms with Crippen molar-refractivity contribution in [3.63, 3.8) is 0 Å². The Hall–Kier alpha value is -3.90. The Balaban J connectivity index is 1.36. The van der Waals surface area contributed by atoms with Crippen LogP contribution in [0.4, 0.5) is 29.5 Å². The van der Waals surface area contributed by atoms with Crippen LogP contribution in [0, 0.1) is 0 Å². The fraction of sp³-hybridized carbons (Fsp3) is 0.280. The smallest absolute Gasteiger partial charge is 0.382 e. The number of alkyl halides is 3. The number of halogens is 4. The molecule has 0 radical (unpaired) electrons. The summed E-state index contributed by atoms with van der Waals surface area (Å²) >= 11 is 5.60. The summed E-state index contributed by atoms with van der Waals surface area (Å²) in [6.07, 6.45) is -1.34. The second-order valence-electron chi connectivity index (χ2n) is 8.70. The van der Waals surface area contributed by atoms with Gasteiger partial charge in [-0.2, -0.15) is 13.2 Å². The van der Waals surface area contributed by atoms with Gasteiger partial charge in [-0.25, -0.2) is 14.8 Å². The number of piperidine rings is 1. The molecule has 1 saturated heterocycles. The van der Waals surface area contributed by atoms with Gasteiger partial charge < -0.3 is 27.0 Å². The molecule has 0 bridgehead atoms. The fourth-order valence-corrected chi connectivity index (χ4v) is 4.13. The van der Waals surface area contributed by atoms with Gasteiger partial charge in [0.2, 0.25) is 0 Å². The third-order valence-electron chi connectivity index (χ3n) is 5.88. The quantitative estimate of drug-likeness (QED) is 0.314. The normalized spacial score (nSPS) is 15.5. The molecule has 1 aliphatic heterocycles. The van der Waals surface area contributed by atoms with Crippen LogP contribution in [0.3, 0.4) is 0 Å². The standard InChI is InChI=1S/C25H25ClF3N7O2/c26-19-8-7-16(10-18(19)25(27,28)29)35-24(38)33-11-14-3-5-15(6-4-14)20-13-32-22(30)21(36-20)23(37)34-17-2-1-9-31-12-17/h3-8,10,13,17,31H,1-2,9,11-12H2,(H2,30,32)(H,34,37)(H2,33,35,38). The molecule has 1 atom stereocenters. The Bertz CT molecular complexity index is 1310. The maximum Gasteiger partial charge on any atom is 0.417 e. The summed E-state index contributed by atoms with van der Waals surface area (Å²) in [6, 6.07) is 9.41. The average molecular weight is 548 g/mol. The Morgan fingerprint density at radius 2 is 1.92 bits per heavy atom. The van der Waals surface area contributed by atoms with Gasteiger partial charge in [0, 0.05) is 30.4 Å². The summed E-state index contributed by atoms with van der Waals surface area (Å²) in [7, 11) is 0. The lowest BCUT2D eigenvalue weighted by molar-refractivity contribution is -0.137. The first kappa shape index (κ1) is 27.1. The van der Waals surface area contributed by atoms with Gasteiger partial charge in [0.1, 0.15) is 0 Å². The predicted octanol–water partition coefficient (Wildman–Crippen LogP) is 4.20. The maximum absolute atomic E-state index is 13.0. The summed E-state index contributed by atoms with van der Waals surface area (Å²) in [5.74, 6) is -0.356. The van der Waals surface area contributed by atoms with Crippen molar-refractivity contribution in [2.75, 3.05) is 24.1 Å². The summed E-state index contributed by atoms with van der Waals surface area (Å²) in [5.41, 5.74) is 6.72. The van der Waals surface area contributed by atoms with Crippen LogP contribution in [0.2, 0.25) is 5.02 Å². The predicted molar refractivity (Wildman–Crippen MR) is 138 cm³/mol. The molecule has 13 heteroatoms. The fourth-order valence-electron chi connectivity index (χ4n) is 3.90. The van der Waals surface area contributed by atoms with Gasteiger partial charge in [-0.05, 0) is 43.1 Å². The summed E-state index contributed by atoms with van der Waals surface area (Å²) in [6.45, 7) is 1.72. The van der Waals surface area contributed by atoms with Crippen LogP contribution in [0.5, 0.6) is 0 Å². The molecule has 0 saturated carbocycles. The van der Waals surface area contributed by atoms with Crippen LogP contribution in [0.1, 0.15) is 34.5 Å². The number of rotatable bonds is 6. The molecule has 0 aliphatic carbocycles. The van der Waals surface area contributed by atoms with Crippen molar-refractivity contribution in [3.05, 3.63) is 70.5 Å². The Labute approximate surface area is 221 Å². The molecule has 2 heterocycles. The number of hydrogen-bond donors (Lipinski definition) is 5. The molecule has 1 unspecified atom stereocenters. The number of urea groups is 1. The van der Waals surface area contributed by atoms with Crippen molar-refractivity contribution in [2.24, 2.45) is 0 Å². The van der Waals surface area contributed by atoms with E-state index in [-0.39, 0.29) is 35.7 Å². The largest absolute Gasteiger partial charge is 0.417 e. The molecule has 1 fully saturated rings. The minimum atomic E-state index is -4.64. The lowest BCUT2D eigenvalue weighted by Crippen LogP contribution is -2.46. The third-order valence-corrected chi connectivity index (χ3v) is 6.21. The molecule has 38 heavy (non-hydrogen) atoms. The van der Waals surface area contributed by atoms with Crippen molar-refractivity contribution in [2.45, 2.75) is 31.6 Å². The van der Waals surface area contributed by atoms with E-state index < -0.39 is 22.8 Å². The van der Waals surface area contributed by atoms with E-state index in [0.29, 0.717) is 17.8 Å². The van der Waals surface area contributed by atoms with E-state index in [4.69, 9.17) is 17.3 Å². The SMILES string of the molecule is Nc1ncc(-c2ccc(CNC(=O)Nc3ccc(Cl)c(C(F)(F)F)c3)cc2)nc1C(=O)NC1CCCNC1. The third kappa shape index (κ3) is 6.90. The molecule has 4 rings (SSSR count). The monoisotopic (exact) mass is 547 g/mol. The molecule has 2 aromatic carbocycles. The molecule has 3 amide bonds. The first-order valence-electron chi connectivity index (χ1n) is 11.7. The highest BCUT2D eigenvalue weighted by Gasteiger charge is 2.33. The van der Waals surface area contributed by atoms with Crippen LogP contribution in [-0.4, -0.2) is 41.0 Å². The summed E-state index contributed by atoms with van der Waals surface area (Å²) in [5, 5.41) is 10.6. The number of carbonyl (C=O) groups excluding carboxylic acids is 2. The van der Waals surface area contributed by atoms with Gasteiger partial charge in [-0.1, -0.05) is 35.9 Å².